The minimum absolute atomic E-state index is 0.220. The second-order valence-electron chi connectivity index (χ2n) is 13.1. The van der Waals surface area contributed by atoms with Crippen molar-refractivity contribution in [2.45, 2.75) is 37.5 Å². The van der Waals surface area contributed by atoms with Crippen LogP contribution in [0.15, 0.2) is 121 Å². The molecule has 5 aliphatic rings. The number of rotatable bonds is 4. The topological polar surface area (TPSA) is 12.0 Å². The van der Waals surface area contributed by atoms with Crippen molar-refractivity contribution in [3.8, 4) is 33.4 Å². The Kier molecular flexibility index (Phi) is 5.15. The maximum Gasteiger partial charge on any atom is 0.0463 e. The fourth-order valence-electron chi connectivity index (χ4n) is 9.70. The van der Waals surface area contributed by atoms with E-state index in [0.717, 1.165) is 35.0 Å². The highest BCUT2D eigenvalue weighted by Crippen LogP contribution is 2.69. The van der Waals surface area contributed by atoms with Gasteiger partial charge in [0.05, 0.1) is 0 Å². The summed E-state index contributed by atoms with van der Waals surface area (Å²) in [7, 11) is 0. The summed E-state index contributed by atoms with van der Waals surface area (Å²) >= 11 is 0. The molecule has 1 spiro atoms. The molecule has 0 radical (unpaired) electrons. The highest BCUT2D eigenvalue weighted by Gasteiger charge is 2.61. The SMILES string of the molecule is c1ccc(-c2ccccc2Nc2ccc(-c3ccc4c(c3)C3(c5ccccc5-4)C4CC5CC(C4)CC3C5)cc2)cc1. The lowest BCUT2D eigenvalue weighted by Crippen LogP contribution is -2.55. The Morgan fingerprint density at radius 3 is 1.83 bits per heavy atom. The van der Waals surface area contributed by atoms with Gasteiger partial charge in [-0.25, -0.2) is 0 Å². The molecule has 10 rings (SSSR count). The quantitative estimate of drug-likeness (QED) is 0.244. The van der Waals surface area contributed by atoms with E-state index in [0.29, 0.717) is 0 Å². The second kappa shape index (κ2) is 8.95. The molecule has 200 valence electrons. The van der Waals surface area contributed by atoms with Crippen LogP contribution >= 0.6 is 0 Å². The lowest BCUT2D eigenvalue weighted by Gasteiger charge is -2.61. The van der Waals surface area contributed by atoms with Gasteiger partial charge in [-0.2, -0.15) is 0 Å². The van der Waals surface area contributed by atoms with Crippen molar-refractivity contribution >= 4 is 11.4 Å². The molecule has 41 heavy (non-hydrogen) atoms. The van der Waals surface area contributed by atoms with Crippen LogP contribution in [-0.4, -0.2) is 0 Å². The van der Waals surface area contributed by atoms with Gasteiger partial charge in [-0.3, -0.25) is 0 Å². The molecule has 5 aromatic carbocycles. The Labute approximate surface area is 243 Å². The smallest absolute Gasteiger partial charge is 0.0463 e. The van der Waals surface area contributed by atoms with Gasteiger partial charge >= 0.3 is 0 Å². The van der Waals surface area contributed by atoms with Gasteiger partial charge in [-0.1, -0.05) is 97.1 Å². The Hall–Kier alpha value is -4.10. The first-order valence-corrected chi connectivity index (χ1v) is 15.5. The van der Waals surface area contributed by atoms with Gasteiger partial charge in [0.15, 0.2) is 0 Å². The molecule has 0 amide bonds. The van der Waals surface area contributed by atoms with Crippen LogP contribution in [0.2, 0.25) is 0 Å². The fourth-order valence-corrected chi connectivity index (χ4v) is 9.70. The van der Waals surface area contributed by atoms with Crippen LogP contribution in [0.25, 0.3) is 33.4 Å². The molecule has 1 N–H and O–H groups in total. The molecule has 1 heteroatoms. The largest absolute Gasteiger partial charge is 0.355 e. The third kappa shape index (κ3) is 3.48. The molecule has 0 heterocycles. The van der Waals surface area contributed by atoms with E-state index < -0.39 is 0 Å². The molecule has 4 saturated carbocycles. The second-order valence-corrected chi connectivity index (χ2v) is 13.1. The molecular weight excluding hydrogens is 494 g/mol. The third-order valence-electron chi connectivity index (χ3n) is 11.1. The molecule has 1 nitrogen and oxygen atoms in total. The third-order valence-corrected chi connectivity index (χ3v) is 11.1. The summed E-state index contributed by atoms with van der Waals surface area (Å²) < 4.78 is 0. The zero-order valence-corrected chi connectivity index (χ0v) is 23.4. The van der Waals surface area contributed by atoms with Crippen LogP contribution in [0.1, 0.15) is 43.2 Å². The lowest BCUT2D eigenvalue weighted by atomic mass is 9.43. The first kappa shape index (κ1) is 23.6. The Morgan fingerprint density at radius 2 is 1.07 bits per heavy atom. The van der Waals surface area contributed by atoms with Gasteiger partial charge in [0.2, 0.25) is 0 Å². The summed E-state index contributed by atoms with van der Waals surface area (Å²) in [5, 5.41) is 3.68. The number of para-hydroxylation sites is 1. The number of benzene rings is 5. The van der Waals surface area contributed by atoms with Crippen molar-refractivity contribution in [3.05, 3.63) is 132 Å². The van der Waals surface area contributed by atoms with E-state index in [1.807, 2.05) is 0 Å². The Bertz CT molecular complexity index is 1740. The fraction of sp³-hybridized carbons (Fsp3) is 0.250. The molecule has 0 atom stereocenters. The van der Waals surface area contributed by atoms with Crippen LogP contribution in [0, 0.1) is 23.7 Å². The van der Waals surface area contributed by atoms with Crippen LogP contribution in [0.5, 0.6) is 0 Å². The van der Waals surface area contributed by atoms with E-state index in [9.17, 15) is 0 Å². The van der Waals surface area contributed by atoms with E-state index in [4.69, 9.17) is 0 Å². The van der Waals surface area contributed by atoms with Crippen LogP contribution < -0.4 is 5.32 Å². The van der Waals surface area contributed by atoms with Gasteiger partial charge < -0.3 is 5.32 Å². The standard InChI is InChI=1S/C40H35N/c1-2-8-29(9-3-1)34-10-5-7-13-39(34)41-33-17-14-28(15-18-33)30-16-19-36-35-11-4-6-12-37(35)40(38(36)25-30)31-21-26-20-27(23-31)24-32(40)22-26/h1-19,25-27,31-32,41H,20-24H2. The predicted octanol–water partition coefficient (Wildman–Crippen LogP) is 10.5. The molecule has 4 fully saturated rings. The van der Waals surface area contributed by atoms with Crippen molar-refractivity contribution < 1.29 is 0 Å². The molecule has 0 unspecified atom stereocenters. The maximum atomic E-state index is 3.68. The molecule has 0 aliphatic heterocycles. The predicted molar refractivity (Wildman–Crippen MR) is 170 cm³/mol. The van der Waals surface area contributed by atoms with Crippen molar-refractivity contribution in [2.75, 3.05) is 5.32 Å². The van der Waals surface area contributed by atoms with E-state index in [1.165, 1.54) is 65.5 Å². The summed E-state index contributed by atoms with van der Waals surface area (Å²) in [5.41, 5.74) is 13.8. The van der Waals surface area contributed by atoms with E-state index in [1.54, 1.807) is 11.1 Å². The normalized spacial score (nSPS) is 26.6. The van der Waals surface area contributed by atoms with Gasteiger partial charge in [0, 0.05) is 22.4 Å². The van der Waals surface area contributed by atoms with Crippen molar-refractivity contribution in [1.82, 2.24) is 0 Å². The zero-order valence-electron chi connectivity index (χ0n) is 23.4. The number of hydrogen-bond acceptors (Lipinski definition) is 1. The van der Waals surface area contributed by atoms with Crippen LogP contribution in [0.4, 0.5) is 11.4 Å². The van der Waals surface area contributed by atoms with Crippen LogP contribution in [-0.2, 0) is 5.41 Å². The van der Waals surface area contributed by atoms with Crippen molar-refractivity contribution in [3.63, 3.8) is 0 Å². The number of nitrogens with one attached hydrogen (secondary N) is 1. The van der Waals surface area contributed by atoms with E-state index >= 15 is 0 Å². The number of hydrogen-bond donors (Lipinski definition) is 1. The van der Waals surface area contributed by atoms with Gasteiger partial charge in [-0.05, 0) is 119 Å². The monoisotopic (exact) mass is 529 g/mol. The molecule has 0 aromatic heterocycles. The molecule has 4 bridgehead atoms. The summed E-state index contributed by atoms with van der Waals surface area (Å²) in [5.74, 6) is 3.53. The summed E-state index contributed by atoms with van der Waals surface area (Å²) in [6.07, 6.45) is 7.20. The lowest BCUT2D eigenvalue weighted by molar-refractivity contribution is -0.0399. The molecule has 5 aliphatic carbocycles. The average molecular weight is 530 g/mol. The minimum Gasteiger partial charge on any atom is -0.355 e. The summed E-state index contributed by atoms with van der Waals surface area (Å²) in [6, 6.07) is 45.0. The zero-order chi connectivity index (χ0) is 27.0. The van der Waals surface area contributed by atoms with E-state index in [2.05, 4.69) is 127 Å². The maximum absolute atomic E-state index is 3.68. The van der Waals surface area contributed by atoms with Crippen molar-refractivity contribution in [1.29, 1.82) is 0 Å². The van der Waals surface area contributed by atoms with Gasteiger partial charge in [0.1, 0.15) is 0 Å². The highest BCUT2D eigenvalue weighted by atomic mass is 14.9. The first-order valence-electron chi connectivity index (χ1n) is 15.5. The summed E-state index contributed by atoms with van der Waals surface area (Å²) in [4.78, 5) is 0. The summed E-state index contributed by atoms with van der Waals surface area (Å²) in [6.45, 7) is 0. The Balaban J connectivity index is 1.08. The molecule has 0 saturated heterocycles. The highest BCUT2D eigenvalue weighted by molar-refractivity contribution is 5.85. The van der Waals surface area contributed by atoms with Gasteiger partial charge in [-0.15, -0.1) is 0 Å². The van der Waals surface area contributed by atoms with Crippen LogP contribution in [0.3, 0.4) is 0 Å². The van der Waals surface area contributed by atoms with E-state index in [-0.39, 0.29) is 5.41 Å². The number of fused-ring (bicyclic) bond motifs is 3. The van der Waals surface area contributed by atoms with Crippen molar-refractivity contribution in [2.24, 2.45) is 23.7 Å². The average Bonchev–Trinajstić information content (AvgIpc) is 3.31. The Morgan fingerprint density at radius 1 is 0.463 bits per heavy atom. The first-order chi connectivity index (χ1) is 20.3. The minimum atomic E-state index is 0.220. The van der Waals surface area contributed by atoms with Gasteiger partial charge in [0.25, 0.3) is 0 Å². The number of anilines is 2. The molecule has 5 aromatic rings. The molecular formula is C40H35N.